The summed E-state index contributed by atoms with van der Waals surface area (Å²) in [5.41, 5.74) is 0.165. The highest BCUT2D eigenvalue weighted by atomic mass is 32.2. The van der Waals surface area contributed by atoms with Gasteiger partial charge in [-0.2, -0.15) is 0 Å². The summed E-state index contributed by atoms with van der Waals surface area (Å²) >= 11 is 1.66. The molecule has 1 N–H and O–H groups in total. The molecule has 2 heterocycles. The molecular formula is C16H26N4O2S. The lowest BCUT2D eigenvalue weighted by Crippen LogP contribution is -2.29. The van der Waals surface area contributed by atoms with E-state index < -0.39 is 11.2 Å². The lowest BCUT2D eigenvalue weighted by atomic mass is 10.1. The first-order chi connectivity index (χ1) is 10.8. The Morgan fingerprint density at radius 2 is 1.78 bits per heavy atom. The van der Waals surface area contributed by atoms with Gasteiger partial charge in [0.15, 0.2) is 16.3 Å². The van der Waals surface area contributed by atoms with Crippen molar-refractivity contribution in [3.63, 3.8) is 0 Å². The largest absolute Gasteiger partial charge is 0.329 e. The summed E-state index contributed by atoms with van der Waals surface area (Å²) in [6.07, 6.45) is 2.07. The molecule has 0 aliphatic rings. The van der Waals surface area contributed by atoms with Gasteiger partial charge in [-0.25, -0.2) is 9.78 Å². The average Bonchev–Trinajstić information content (AvgIpc) is 2.81. The zero-order chi connectivity index (χ0) is 17.1. The zero-order valence-corrected chi connectivity index (χ0v) is 15.4. The summed E-state index contributed by atoms with van der Waals surface area (Å²) in [7, 11) is 1.68. The van der Waals surface area contributed by atoms with E-state index in [4.69, 9.17) is 0 Å². The van der Waals surface area contributed by atoms with Crippen LogP contribution in [0, 0.1) is 11.8 Å². The van der Waals surface area contributed by atoms with Gasteiger partial charge >= 0.3 is 5.69 Å². The lowest BCUT2D eigenvalue weighted by Gasteiger charge is -2.12. The highest BCUT2D eigenvalue weighted by Crippen LogP contribution is 2.24. The molecular weight excluding hydrogens is 312 g/mol. The summed E-state index contributed by atoms with van der Waals surface area (Å²) in [5, 5.41) is 0.827. The molecule has 2 aromatic heterocycles. The number of nitrogens with one attached hydrogen (secondary N) is 1. The van der Waals surface area contributed by atoms with Gasteiger partial charge in [0.25, 0.3) is 5.56 Å². The van der Waals surface area contributed by atoms with Crippen molar-refractivity contribution in [2.45, 2.75) is 52.2 Å². The molecule has 0 fully saturated rings. The molecule has 0 unspecified atom stereocenters. The molecule has 2 aromatic rings. The highest BCUT2D eigenvalue weighted by Gasteiger charge is 2.17. The number of hydrogen-bond acceptors (Lipinski definition) is 4. The number of nitrogens with zero attached hydrogens (tertiary/aromatic N) is 3. The highest BCUT2D eigenvalue weighted by molar-refractivity contribution is 7.99. The van der Waals surface area contributed by atoms with Crippen LogP contribution in [0.5, 0.6) is 0 Å². The predicted molar refractivity (Wildman–Crippen MR) is 95.2 cm³/mol. The first kappa shape index (κ1) is 17.8. The standard InChI is InChI=1S/C16H26N4O2S/c1-10(2)6-8-20-14-12(13(21)18-15(22)19(14)5)17-16(20)23-9-7-11(3)4/h10-11H,6-9H2,1-5H3,(H,18,21,22). The van der Waals surface area contributed by atoms with Crippen LogP contribution >= 0.6 is 11.8 Å². The quantitative estimate of drug-likeness (QED) is 0.788. The molecule has 0 aliphatic heterocycles. The minimum atomic E-state index is -0.405. The Balaban J connectivity index is 2.49. The van der Waals surface area contributed by atoms with Crippen molar-refractivity contribution in [1.29, 1.82) is 0 Å². The number of imidazole rings is 1. The van der Waals surface area contributed by atoms with Crippen LogP contribution in [-0.2, 0) is 13.6 Å². The van der Waals surface area contributed by atoms with Crippen molar-refractivity contribution in [3.8, 4) is 0 Å². The Morgan fingerprint density at radius 1 is 1.13 bits per heavy atom. The van der Waals surface area contributed by atoms with Crippen LogP contribution in [0.4, 0.5) is 0 Å². The van der Waals surface area contributed by atoms with Gasteiger partial charge in [0, 0.05) is 19.3 Å². The van der Waals surface area contributed by atoms with Gasteiger partial charge in [-0.05, 0) is 24.7 Å². The SMILES string of the molecule is CC(C)CCSc1nc2c(=O)[nH]c(=O)n(C)c2n1CCC(C)C. The van der Waals surface area contributed by atoms with Crippen LogP contribution in [0.3, 0.4) is 0 Å². The second-order valence-electron chi connectivity index (χ2n) is 6.75. The maximum Gasteiger partial charge on any atom is 0.329 e. The Kier molecular flexibility index (Phi) is 5.73. The number of fused-ring (bicyclic) bond motifs is 1. The fraction of sp³-hybridized carbons (Fsp3) is 0.688. The number of aromatic amines is 1. The van der Waals surface area contributed by atoms with Crippen molar-refractivity contribution in [1.82, 2.24) is 19.1 Å². The Bertz CT molecular complexity index is 786. The monoisotopic (exact) mass is 338 g/mol. The fourth-order valence-electron chi connectivity index (χ4n) is 2.34. The topological polar surface area (TPSA) is 72.7 Å². The molecule has 0 radical (unpaired) electrons. The summed E-state index contributed by atoms with van der Waals surface area (Å²) in [6, 6.07) is 0. The van der Waals surface area contributed by atoms with Gasteiger partial charge < -0.3 is 4.57 Å². The summed E-state index contributed by atoms with van der Waals surface area (Å²) < 4.78 is 3.51. The second kappa shape index (κ2) is 7.38. The van der Waals surface area contributed by atoms with E-state index in [1.54, 1.807) is 18.8 Å². The Morgan fingerprint density at radius 3 is 2.39 bits per heavy atom. The number of rotatable bonds is 7. The molecule has 0 atom stereocenters. The van der Waals surface area contributed by atoms with Crippen LogP contribution in [0.15, 0.2) is 14.7 Å². The minimum absolute atomic E-state index is 0.350. The maximum absolute atomic E-state index is 12.1. The summed E-state index contributed by atoms with van der Waals surface area (Å²) in [5.74, 6) is 2.12. The zero-order valence-electron chi connectivity index (χ0n) is 14.5. The third kappa shape index (κ3) is 4.07. The molecule has 0 spiro atoms. The van der Waals surface area contributed by atoms with Gasteiger partial charge in [-0.15, -0.1) is 0 Å². The van der Waals surface area contributed by atoms with E-state index in [9.17, 15) is 9.59 Å². The fourth-order valence-corrected chi connectivity index (χ4v) is 3.60. The van der Waals surface area contributed by atoms with E-state index in [2.05, 4.69) is 37.7 Å². The van der Waals surface area contributed by atoms with Gasteiger partial charge in [0.2, 0.25) is 0 Å². The third-order valence-corrected chi connectivity index (χ3v) is 4.83. The maximum atomic E-state index is 12.1. The molecule has 0 amide bonds. The van der Waals surface area contributed by atoms with Gasteiger partial charge in [-0.3, -0.25) is 14.3 Å². The molecule has 7 heteroatoms. The minimum Gasteiger partial charge on any atom is -0.305 e. The van der Waals surface area contributed by atoms with E-state index in [1.165, 1.54) is 4.57 Å². The number of aromatic nitrogens is 4. The van der Waals surface area contributed by atoms with E-state index >= 15 is 0 Å². The molecule has 0 aromatic carbocycles. The number of aryl methyl sites for hydroxylation is 2. The average molecular weight is 338 g/mol. The normalized spacial score (nSPS) is 12.0. The van der Waals surface area contributed by atoms with E-state index in [0.717, 1.165) is 30.3 Å². The van der Waals surface area contributed by atoms with Crippen molar-refractivity contribution in [3.05, 3.63) is 20.8 Å². The van der Waals surface area contributed by atoms with Crippen molar-refractivity contribution in [2.75, 3.05) is 5.75 Å². The molecule has 0 saturated heterocycles. The molecule has 2 rings (SSSR count). The van der Waals surface area contributed by atoms with E-state index in [1.807, 2.05) is 4.57 Å². The van der Waals surface area contributed by atoms with Crippen molar-refractivity contribution >= 4 is 22.9 Å². The van der Waals surface area contributed by atoms with E-state index in [-0.39, 0.29) is 0 Å². The van der Waals surface area contributed by atoms with Gasteiger partial charge in [-0.1, -0.05) is 39.5 Å². The number of thioether (sulfide) groups is 1. The number of hydrogen-bond donors (Lipinski definition) is 1. The second-order valence-corrected chi connectivity index (χ2v) is 7.81. The Labute approximate surface area is 140 Å². The summed E-state index contributed by atoms with van der Waals surface area (Å²) in [4.78, 5) is 30.8. The first-order valence-corrected chi connectivity index (χ1v) is 9.12. The lowest BCUT2D eigenvalue weighted by molar-refractivity contribution is 0.498. The number of H-pyrrole nitrogens is 1. The molecule has 0 bridgehead atoms. The van der Waals surface area contributed by atoms with Crippen LogP contribution < -0.4 is 11.2 Å². The Hall–Kier alpha value is -1.50. The van der Waals surface area contributed by atoms with Gasteiger partial charge in [0.05, 0.1) is 0 Å². The molecule has 23 heavy (non-hydrogen) atoms. The van der Waals surface area contributed by atoms with Crippen molar-refractivity contribution in [2.24, 2.45) is 18.9 Å². The van der Waals surface area contributed by atoms with Crippen LogP contribution in [0.25, 0.3) is 11.2 Å². The van der Waals surface area contributed by atoms with Crippen molar-refractivity contribution < 1.29 is 0 Å². The first-order valence-electron chi connectivity index (χ1n) is 8.13. The third-order valence-electron chi connectivity index (χ3n) is 3.82. The van der Waals surface area contributed by atoms with Gasteiger partial charge in [0.1, 0.15) is 0 Å². The molecule has 0 saturated carbocycles. The molecule has 128 valence electrons. The van der Waals surface area contributed by atoms with E-state index in [0.29, 0.717) is 23.0 Å². The molecule has 6 nitrogen and oxygen atoms in total. The van der Waals surface area contributed by atoms with Crippen LogP contribution in [-0.4, -0.2) is 24.9 Å². The predicted octanol–water partition coefficient (Wildman–Crippen LogP) is 2.61. The smallest absolute Gasteiger partial charge is 0.305 e. The molecule has 0 aliphatic carbocycles. The van der Waals surface area contributed by atoms with Crippen LogP contribution in [0.1, 0.15) is 40.5 Å². The van der Waals surface area contributed by atoms with Crippen LogP contribution in [0.2, 0.25) is 0 Å². The summed E-state index contributed by atoms with van der Waals surface area (Å²) in [6.45, 7) is 9.47.